The molecule has 0 atom stereocenters. The van der Waals surface area contributed by atoms with E-state index in [0.29, 0.717) is 12.5 Å². The highest BCUT2D eigenvalue weighted by atomic mass is 15.3. The van der Waals surface area contributed by atoms with Crippen molar-refractivity contribution in [2.45, 2.75) is 26.3 Å². The van der Waals surface area contributed by atoms with Gasteiger partial charge < -0.3 is 4.90 Å². The largest absolute Gasteiger partial charge is 0.369 e. The highest BCUT2D eigenvalue weighted by Crippen LogP contribution is 2.22. The van der Waals surface area contributed by atoms with Gasteiger partial charge in [0.15, 0.2) is 0 Å². The molecule has 1 saturated heterocycles. The first-order valence-corrected chi connectivity index (χ1v) is 6.66. The van der Waals surface area contributed by atoms with E-state index in [1.54, 1.807) is 0 Å². The third-order valence-corrected chi connectivity index (χ3v) is 3.65. The lowest BCUT2D eigenvalue weighted by Gasteiger charge is -2.38. The van der Waals surface area contributed by atoms with Crippen LogP contribution in [0, 0.1) is 11.3 Å². The molecule has 0 saturated carbocycles. The highest BCUT2D eigenvalue weighted by molar-refractivity contribution is 5.54. The van der Waals surface area contributed by atoms with Crippen molar-refractivity contribution in [1.82, 2.24) is 4.90 Å². The van der Waals surface area contributed by atoms with E-state index in [1.165, 1.54) is 5.69 Å². The molecule has 3 heteroatoms. The van der Waals surface area contributed by atoms with E-state index in [2.05, 4.69) is 47.9 Å². The fourth-order valence-electron chi connectivity index (χ4n) is 2.53. The van der Waals surface area contributed by atoms with Crippen molar-refractivity contribution in [3.63, 3.8) is 0 Å². The molecule has 0 radical (unpaired) electrons. The summed E-state index contributed by atoms with van der Waals surface area (Å²) in [5.41, 5.74) is 2.39. The number of para-hydroxylation sites is 1. The smallest absolute Gasteiger partial charge is 0.0670 e. The number of rotatable bonds is 3. The van der Waals surface area contributed by atoms with E-state index in [1.807, 2.05) is 6.07 Å². The van der Waals surface area contributed by atoms with Crippen molar-refractivity contribution in [1.29, 1.82) is 5.26 Å². The van der Waals surface area contributed by atoms with Gasteiger partial charge in [0.25, 0.3) is 0 Å². The van der Waals surface area contributed by atoms with E-state index in [9.17, 15) is 0 Å². The van der Waals surface area contributed by atoms with Gasteiger partial charge in [-0.2, -0.15) is 5.26 Å². The molecule has 1 aromatic carbocycles. The van der Waals surface area contributed by atoms with Gasteiger partial charge in [-0.3, -0.25) is 4.90 Å². The molecule has 1 fully saturated rings. The van der Waals surface area contributed by atoms with Crippen LogP contribution >= 0.6 is 0 Å². The summed E-state index contributed by atoms with van der Waals surface area (Å²) in [5, 5.41) is 8.88. The van der Waals surface area contributed by atoms with Crippen molar-refractivity contribution < 1.29 is 0 Å². The summed E-state index contributed by atoms with van der Waals surface area (Å²) < 4.78 is 0. The minimum absolute atomic E-state index is 0.501. The fourth-order valence-corrected chi connectivity index (χ4v) is 2.53. The molecule has 1 aromatic rings. The maximum atomic E-state index is 8.88. The molecule has 1 aliphatic rings. The van der Waals surface area contributed by atoms with Crippen LogP contribution < -0.4 is 4.90 Å². The average molecular weight is 243 g/mol. The van der Waals surface area contributed by atoms with Gasteiger partial charge in [-0.25, -0.2) is 0 Å². The van der Waals surface area contributed by atoms with Crippen LogP contribution in [0.2, 0.25) is 0 Å². The quantitative estimate of drug-likeness (QED) is 0.816. The van der Waals surface area contributed by atoms with Gasteiger partial charge in [-0.1, -0.05) is 18.2 Å². The molecule has 0 aliphatic carbocycles. The van der Waals surface area contributed by atoms with Crippen molar-refractivity contribution in [2.75, 3.05) is 31.1 Å². The second kappa shape index (κ2) is 5.88. The molecular weight excluding hydrogens is 222 g/mol. The van der Waals surface area contributed by atoms with E-state index < -0.39 is 0 Å². The van der Waals surface area contributed by atoms with Crippen LogP contribution in [-0.2, 0) is 6.42 Å². The van der Waals surface area contributed by atoms with Crippen LogP contribution in [0.15, 0.2) is 24.3 Å². The van der Waals surface area contributed by atoms with Gasteiger partial charge in [-0.15, -0.1) is 0 Å². The molecule has 18 heavy (non-hydrogen) atoms. The van der Waals surface area contributed by atoms with Crippen LogP contribution in [-0.4, -0.2) is 37.1 Å². The summed E-state index contributed by atoms with van der Waals surface area (Å²) in [7, 11) is 0. The fraction of sp³-hybridized carbons (Fsp3) is 0.533. The molecule has 2 rings (SSSR count). The summed E-state index contributed by atoms with van der Waals surface area (Å²) in [6.45, 7) is 8.83. The molecule has 0 aromatic heterocycles. The Balaban J connectivity index is 2.08. The molecule has 0 bridgehead atoms. The van der Waals surface area contributed by atoms with E-state index in [-0.39, 0.29) is 0 Å². The average Bonchev–Trinajstić information content (AvgIpc) is 2.40. The zero-order valence-electron chi connectivity index (χ0n) is 11.3. The Labute approximate surface area is 110 Å². The number of nitriles is 1. The minimum atomic E-state index is 0.501. The lowest BCUT2D eigenvalue weighted by molar-refractivity contribution is 0.209. The maximum absolute atomic E-state index is 8.88. The lowest BCUT2D eigenvalue weighted by Crippen LogP contribution is -2.49. The maximum Gasteiger partial charge on any atom is 0.0670 e. The topological polar surface area (TPSA) is 30.3 Å². The van der Waals surface area contributed by atoms with E-state index in [4.69, 9.17) is 5.26 Å². The SMILES string of the molecule is CC(C)N1CCN(c2ccccc2CC#N)CC1. The number of nitrogens with zero attached hydrogens (tertiary/aromatic N) is 3. The standard InChI is InChI=1S/C15H21N3/c1-13(2)17-9-11-18(12-10-17)15-6-4-3-5-14(15)7-8-16/h3-6,13H,7,9-12H2,1-2H3. The third kappa shape index (κ3) is 2.83. The Morgan fingerprint density at radius 3 is 2.44 bits per heavy atom. The van der Waals surface area contributed by atoms with Gasteiger partial charge in [0.1, 0.15) is 0 Å². The molecule has 0 spiro atoms. The number of benzene rings is 1. The van der Waals surface area contributed by atoms with Gasteiger partial charge in [-0.05, 0) is 25.5 Å². The zero-order chi connectivity index (χ0) is 13.0. The van der Waals surface area contributed by atoms with Gasteiger partial charge in [0.05, 0.1) is 12.5 Å². The van der Waals surface area contributed by atoms with Gasteiger partial charge in [0.2, 0.25) is 0 Å². The minimum Gasteiger partial charge on any atom is -0.369 e. The molecule has 96 valence electrons. The summed E-state index contributed by atoms with van der Waals surface area (Å²) in [4.78, 5) is 4.91. The van der Waals surface area contributed by atoms with Gasteiger partial charge in [0, 0.05) is 37.9 Å². The summed E-state index contributed by atoms with van der Waals surface area (Å²) in [5.74, 6) is 0. The number of anilines is 1. The molecule has 3 nitrogen and oxygen atoms in total. The molecule has 0 amide bonds. The molecule has 0 unspecified atom stereocenters. The van der Waals surface area contributed by atoms with E-state index >= 15 is 0 Å². The van der Waals surface area contributed by atoms with Crippen LogP contribution in [0.1, 0.15) is 19.4 Å². The zero-order valence-corrected chi connectivity index (χ0v) is 11.3. The third-order valence-electron chi connectivity index (χ3n) is 3.65. The summed E-state index contributed by atoms with van der Waals surface area (Å²) in [6, 6.07) is 11.2. The van der Waals surface area contributed by atoms with E-state index in [0.717, 1.165) is 31.7 Å². The summed E-state index contributed by atoms with van der Waals surface area (Å²) in [6.07, 6.45) is 0.501. The van der Waals surface area contributed by atoms with Crippen molar-refractivity contribution in [3.05, 3.63) is 29.8 Å². The predicted octanol–water partition coefficient (Wildman–Crippen LogP) is 2.28. The first-order valence-electron chi connectivity index (χ1n) is 6.66. The first kappa shape index (κ1) is 12.9. The highest BCUT2D eigenvalue weighted by Gasteiger charge is 2.20. The predicted molar refractivity (Wildman–Crippen MR) is 74.7 cm³/mol. The number of piperazine rings is 1. The Kier molecular flexibility index (Phi) is 4.22. The Bertz CT molecular complexity index is 426. The van der Waals surface area contributed by atoms with Crippen LogP contribution in [0.3, 0.4) is 0 Å². The van der Waals surface area contributed by atoms with Crippen molar-refractivity contribution >= 4 is 5.69 Å². The second-order valence-corrected chi connectivity index (χ2v) is 5.08. The van der Waals surface area contributed by atoms with Crippen molar-refractivity contribution in [2.24, 2.45) is 0 Å². The van der Waals surface area contributed by atoms with Crippen LogP contribution in [0.5, 0.6) is 0 Å². The molecule has 1 heterocycles. The molecule has 1 aliphatic heterocycles. The Morgan fingerprint density at radius 2 is 1.83 bits per heavy atom. The van der Waals surface area contributed by atoms with Crippen LogP contribution in [0.25, 0.3) is 0 Å². The van der Waals surface area contributed by atoms with Crippen molar-refractivity contribution in [3.8, 4) is 6.07 Å². The lowest BCUT2D eigenvalue weighted by atomic mass is 10.1. The Hall–Kier alpha value is -1.53. The second-order valence-electron chi connectivity index (χ2n) is 5.08. The van der Waals surface area contributed by atoms with Crippen LogP contribution in [0.4, 0.5) is 5.69 Å². The molecular formula is C15H21N3. The normalized spacial score (nSPS) is 16.9. The van der Waals surface area contributed by atoms with Gasteiger partial charge >= 0.3 is 0 Å². The number of hydrogen-bond acceptors (Lipinski definition) is 3. The molecule has 0 N–H and O–H groups in total. The number of hydrogen-bond donors (Lipinski definition) is 0. The first-order chi connectivity index (χ1) is 8.72. The Morgan fingerprint density at radius 1 is 1.17 bits per heavy atom. The summed E-state index contributed by atoms with van der Waals surface area (Å²) >= 11 is 0. The monoisotopic (exact) mass is 243 g/mol.